The SMILES string of the molecule is O=C1C2CCCC2=NN1c1ccccc1[N+](=O)[O-]. The fourth-order valence-corrected chi connectivity index (χ4v) is 2.51. The van der Waals surface area contributed by atoms with Gasteiger partial charge in [0.1, 0.15) is 5.69 Å². The lowest BCUT2D eigenvalue weighted by Gasteiger charge is -2.13. The van der Waals surface area contributed by atoms with Gasteiger partial charge < -0.3 is 0 Å². The Kier molecular flexibility index (Phi) is 2.36. The van der Waals surface area contributed by atoms with Gasteiger partial charge >= 0.3 is 0 Å². The van der Waals surface area contributed by atoms with Crippen LogP contribution in [-0.4, -0.2) is 16.5 Å². The maximum atomic E-state index is 12.2. The van der Waals surface area contributed by atoms with Gasteiger partial charge in [0, 0.05) is 6.07 Å². The third kappa shape index (κ3) is 1.49. The predicted molar refractivity (Wildman–Crippen MR) is 65.4 cm³/mol. The zero-order valence-electron chi connectivity index (χ0n) is 9.57. The van der Waals surface area contributed by atoms with Crippen LogP contribution in [-0.2, 0) is 4.79 Å². The van der Waals surface area contributed by atoms with E-state index in [0.717, 1.165) is 25.0 Å². The first-order valence-electron chi connectivity index (χ1n) is 5.83. The number of fused-ring (bicyclic) bond motifs is 1. The predicted octanol–water partition coefficient (Wildman–Crippen LogP) is 2.10. The van der Waals surface area contributed by atoms with Gasteiger partial charge in [0.05, 0.1) is 16.6 Å². The molecule has 1 aliphatic carbocycles. The summed E-state index contributed by atoms with van der Waals surface area (Å²) in [4.78, 5) is 22.6. The number of carbonyl (C=O) groups is 1. The van der Waals surface area contributed by atoms with Gasteiger partial charge in [-0.15, -0.1) is 0 Å². The Hall–Kier alpha value is -2.24. The maximum Gasteiger partial charge on any atom is 0.295 e. The molecular formula is C12H11N3O3. The number of anilines is 1. The van der Waals surface area contributed by atoms with Gasteiger partial charge in [0.25, 0.3) is 11.6 Å². The average molecular weight is 245 g/mol. The molecule has 0 spiro atoms. The molecule has 92 valence electrons. The Morgan fingerprint density at radius 3 is 2.89 bits per heavy atom. The first kappa shape index (κ1) is 10.9. The molecule has 1 atom stereocenters. The van der Waals surface area contributed by atoms with Gasteiger partial charge in [-0.05, 0) is 25.3 Å². The fraction of sp³-hybridized carbons (Fsp3) is 0.333. The Bertz CT molecular complexity index is 567. The van der Waals surface area contributed by atoms with Crippen LogP contribution in [0, 0.1) is 16.0 Å². The minimum Gasteiger partial charge on any atom is -0.272 e. The van der Waals surface area contributed by atoms with Crippen molar-refractivity contribution in [3.8, 4) is 0 Å². The molecule has 1 heterocycles. The Morgan fingerprint density at radius 2 is 2.17 bits per heavy atom. The number of nitro benzene ring substituents is 1. The van der Waals surface area contributed by atoms with Crippen LogP contribution in [0.2, 0.25) is 0 Å². The summed E-state index contributed by atoms with van der Waals surface area (Å²) in [6, 6.07) is 6.19. The van der Waals surface area contributed by atoms with Gasteiger partial charge in [-0.3, -0.25) is 14.9 Å². The van der Waals surface area contributed by atoms with Gasteiger partial charge in [-0.2, -0.15) is 10.1 Å². The lowest BCUT2D eigenvalue weighted by Crippen LogP contribution is -2.26. The fourth-order valence-electron chi connectivity index (χ4n) is 2.51. The molecule has 0 saturated heterocycles. The number of nitrogens with zero attached hydrogens (tertiary/aromatic N) is 3. The third-order valence-corrected chi connectivity index (χ3v) is 3.37. The van der Waals surface area contributed by atoms with Gasteiger partial charge in [-0.25, -0.2) is 0 Å². The number of benzene rings is 1. The van der Waals surface area contributed by atoms with Crippen LogP contribution in [0.5, 0.6) is 0 Å². The molecule has 1 aliphatic heterocycles. The van der Waals surface area contributed by atoms with Crippen molar-refractivity contribution in [3.63, 3.8) is 0 Å². The molecule has 1 saturated carbocycles. The third-order valence-electron chi connectivity index (χ3n) is 3.37. The monoisotopic (exact) mass is 245 g/mol. The Morgan fingerprint density at radius 1 is 1.39 bits per heavy atom. The van der Waals surface area contributed by atoms with Crippen molar-refractivity contribution in [2.45, 2.75) is 19.3 Å². The number of carbonyl (C=O) groups excluding carboxylic acids is 1. The molecule has 1 amide bonds. The second-order valence-corrected chi connectivity index (χ2v) is 4.43. The first-order chi connectivity index (χ1) is 8.68. The van der Waals surface area contributed by atoms with E-state index in [1.54, 1.807) is 18.2 Å². The number of amides is 1. The molecule has 1 aromatic carbocycles. The van der Waals surface area contributed by atoms with E-state index in [1.807, 2.05) is 0 Å². The molecule has 2 aliphatic rings. The van der Waals surface area contributed by atoms with Crippen molar-refractivity contribution in [2.24, 2.45) is 11.0 Å². The van der Waals surface area contributed by atoms with Crippen LogP contribution in [0.25, 0.3) is 0 Å². The largest absolute Gasteiger partial charge is 0.295 e. The second-order valence-electron chi connectivity index (χ2n) is 4.43. The zero-order valence-corrected chi connectivity index (χ0v) is 9.57. The quantitative estimate of drug-likeness (QED) is 0.591. The van der Waals surface area contributed by atoms with Crippen LogP contribution >= 0.6 is 0 Å². The van der Waals surface area contributed by atoms with E-state index in [-0.39, 0.29) is 23.2 Å². The van der Waals surface area contributed by atoms with E-state index < -0.39 is 4.92 Å². The van der Waals surface area contributed by atoms with E-state index in [1.165, 1.54) is 11.1 Å². The van der Waals surface area contributed by atoms with Crippen molar-refractivity contribution in [3.05, 3.63) is 34.4 Å². The summed E-state index contributed by atoms with van der Waals surface area (Å²) in [6.07, 6.45) is 2.59. The van der Waals surface area contributed by atoms with Crippen molar-refractivity contribution in [2.75, 3.05) is 5.01 Å². The average Bonchev–Trinajstić information content (AvgIpc) is 2.93. The number of para-hydroxylation sites is 2. The summed E-state index contributed by atoms with van der Waals surface area (Å²) in [7, 11) is 0. The van der Waals surface area contributed by atoms with Crippen molar-refractivity contribution in [1.29, 1.82) is 0 Å². The van der Waals surface area contributed by atoms with Crippen LogP contribution in [0.4, 0.5) is 11.4 Å². The molecule has 1 unspecified atom stereocenters. The van der Waals surface area contributed by atoms with E-state index in [0.29, 0.717) is 0 Å². The van der Waals surface area contributed by atoms with Crippen LogP contribution in [0.1, 0.15) is 19.3 Å². The van der Waals surface area contributed by atoms with Crippen LogP contribution in [0.15, 0.2) is 29.4 Å². The van der Waals surface area contributed by atoms with Gasteiger partial charge in [0.15, 0.2) is 0 Å². The molecule has 0 bridgehead atoms. The molecule has 3 rings (SSSR count). The second kappa shape index (κ2) is 3.90. The number of hydrogen-bond donors (Lipinski definition) is 0. The normalized spacial score (nSPS) is 22.0. The van der Waals surface area contributed by atoms with Crippen molar-refractivity contribution in [1.82, 2.24) is 0 Å². The highest BCUT2D eigenvalue weighted by Gasteiger charge is 2.41. The molecule has 6 nitrogen and oxygen atoms in total. The molecule has 0 radical (unpaired) electrons. The summed E-state index contributed by atoms with van der Waals surface area (Å²) in [5.74, 6) is -0.304. The summed E-state index contributed by atoms with van der Waals surface area (Å²) in [5, 5.41) is 16.4. The smallest absolute Gasteiger partial charge is 0.272 e. The lowest BCUT2D eigenvalue weighted by atomic mass is 10.1. The Balaban J connectivity index is 2.04. The highest BCUT2D eigenvalue weighted by atomic mass is 16.6. The molecule has 6 heteroatoms. The van der Waals surface area contributed by atoms with Crippen LogP contribution in [0.3, 0.4) is 0 Å². The molecule has 1 fully saturated rings. The van der Waals surface area contributed by atoms with Crippen molar-refractivity contribution < 1.29 is 9.72 Å². The minimum absolute atomic E-state index is 0.0878. The van der Waals surface area contributed by atoms with E-state index in [9.17, 15) is 14.9 Å². The van der Waals surface area contributed by atoms with E-state index >= 15 is 0 Å². The number of nitro groups is 1. The van der Waals surface area contributed by atoms with E-state index in [4.69, 9.17) is 0 Å². The van der Waals surface area contributed by atoms with Gasteiger partial charge in [0.2, 0.25) is 0 Å². The van der Waals surface area contributed by atoms with E-state index in [2.05, 4.69) is 5.10 Å². The molecule has 0 N–H and O–H groups in total. The number of hydrazone groups is 1. The summed E-state index contributed by atoms with van der Waals surface area (Å²) in [6.45, 7) is 0. The highest BCUT2D eigenvalue weighted by Crippen LogP contribution is 2.36. The topological polar surface area (TPSA) is 75.8 Å². The molecule has 0 aromatic heterocycles. The standard InChI is InChI=1S/C12H11N3O3/c16-12-8-4-3-5-9(8)13-14(12)10-6-1-2-7-11(10)15(17)18/h1-2,6-8H,3-5H2. The number of hydrogen-bond acceptors (Lipinski definition) is 4. The zero-order chi connectivity index (χ0) is 12.7. The number of rotatable bonds is 2. The summed E-state index contributed by atoms with van der Waals surface area (Å²) in [5.41, 5.74) is 1.03. The summed E-state index contributed by atoms with van der Waals surface area (Å²) < 4.78 is 0. The minimum atomic E-state index is -0.489. The highest BCUT2D eigenvalue weighted by molar-refractivity contribution is 6.17. The van der Waals surface area contributed by atoms with Crippen LogP contribution < -0.4 is 5.01 Å². The Labute approximate surface area is 103 Å². The molecular weight excluding hydrogens is 234 g/mol. The first-order valence-corrected chi connectivity index (χ1v) is 5.83. The summed E-state index contributed by atoms with van der Waals surface area (Å²) >= 11 is 0. The molecule has 18 heavy (non-hydrogen) atoms. The lowest BCUT2D eigenvalue weighted by molar-refractivity contribution is -0.384. The van der Waals surface area contributed by atoms with Gasteiger partial charge in [-0.1, -0.05) is 12.1 Å². The molecule has 1 aromatic rings. The van der Waals surface area contributed by atoms with Crippen molar-refractivity contribution >= 4 is 23.0 Å². The maximum absolute atomic E-state index is 12.2.